The van der Waals surface area contributed by atoms with Gasteiger partial charge in [0.05, 0.1) is 10.6 Å². The Labute approximate surface area is 82.1 Å². The van der Waals surface area contributed by atoms with Crippen LogP contribution in [0.15, 0.2) is 18.5 Å². The minimum absolute atomic E-state index is 0.117. The summed E-state index contributed by atoms with van der Waals surface area (Å²) in [6.45, 7) is 3.80. The smallest absolute Gasteiger partial charge is 0.253 e. The quantitative estimate of drug-likeness (QED) is 0.789. The zero-order chi connectivity index (χ0) is 9.84. The highest BCUT2D eigenvalue weighted by molar-refractivity contribution is 6.30. The zero-order valence-corrected chi connectivity index (χ0v) is 8.30. The Kier molecular flexibility index (Phi) is 3.25. The van der Waals surface area contributed by atoms with Gasteiger partial charge < -0.3 is 5.32 Å². The van der Waals surface area contributed by atoms with Crippen LogP contribution in [0.25, 0.3) is 0 Å². The largest absolute Gasteiger partial charge is 0.350 e. The van der Waals surface area contributed by atoms with Crippen LogP contribution < -0.4 is 5.32 Å². The third-order valence-electron chi connectivity index (χ3n) is 1.39. The van der Waals surface area contributed by atoms with E-state index in [1.54, 1.807) is 6.07 Å². The summed E-state index contributed by atoms with van der Waals surface area (Å²) in [4.78, 5) is 15.2. The molecule has 70 valence electrons. The molecule has 0 aliphatic heterocycles. The number of rotatable bonds is 2. The van der Waals surface area contributed by atoms with Crippen molar-refractivity contribution < 1.29 is 4.79 Å². The van der Waals surface area contributed by atoms with Crippen LogP contribution in [-0.4, -0.2) is 16.9 Å². The van der Waals surface area contributed by atoms with Crippen molar-refractivity contribution in [2.75, 3.05) is 0 Å². The topological polar surface area (TPSA) is 42.0 Å². The summed E-state index contributed by atoms with van der Waals surface area (Å²) in [5.41, 5.74) is 0.487. The van der Waals surface area contributed by atoms with Gasteiger partial charge >= 0.3 is 0 Å². The van der Waals surface area contributed by atoms with Gasteiger partial charge in [0.2, 0.25) is 0 Å². The molecule has 0 spiro atoms. The second-order valence-corrected chi connectivity index (χ2v) is 3.46. The molecule has 0 saturated heterocycles. The van der Waals surface area contributed by atoms with E-state index in [4.69, 9.17) is 11.6 Å². The van der Waals surface area contributed by atoms with Gasteiger partial charge in [-0.2, -0.15) is 0 Å². The molecule has 0 saturated carbocycles. The van der Waals surface area contributed by atoms with E-state index in [1.165, 1.54) is 12.4 Å². The zero-order valence-electron chi connectivity index (χ0n) is 7.54. The van der Waals surface area contributed by atoms with E-state index in [2.05, 4.69) is 10.3 Å². The Morgan fingerprint density at radius 1 is 1.54 bits per heavy atom. The predicted molar refractivity (Wildman–Crippen MR) is 51.8 cm³/mol. The number of hydrogen-bond donors (Lipinski definition) is 1. The van der Waals surface area contributed by atoms with Gasteiger partial charge in [0.15, 0.2) is 0 Å². The Morgan fingerprint density at radius 3 is 2.77 bits per heavy atom. The number of nitrogens with one attached hydrogen (secondary N) is 1. The van der Waals surface area contributed by atoms with Crippen LogP contribution in [-0.2, 0) is 0 Å². The first-order valence-corrected chi connectivity index (χ1v) is 4.39. The summed E-state index contributed by atoms with van der Waals surface area (Å²) in [7, 11) is 0. The minimum Gasteiger partial charge on any atom is -0.350 e. The van der Waals surface area contributed by atoms with Gasteiger partial charge in [-0.25, -0.2) is 0 Å². The van der Waals surface area contributed by atoms with Gasteiger partial charge in [0.25, 0.3) is 5.91 Å². The van der Waals surface area contributed by atoms with Gasteiger partial charge in [0.1, 0.15) is 0 Å². The molecule has 1 aromatic rings. The minimum atomic E-state index is -0.148. The maximum absolute atomic E-state index is 11.4. The lowest BCUT2D eigenvalue weighted by Gasteiger charge is -2.07. The van der Waals surface area contributed by atoms with E-state index in [9.17, 15) is 4.79 Å². The second kappa shape index (κ2) is 4.23. The first-order chi connectivity index (χ1) is 6.09. The van der Waals surface area contributed by atoms with Crippen LogP contribution in [0.1, 0.15) is 24.2 Å². The third kappa shape index (κ3) is 3.03. The molecule has 0 radical (unpaired) electrons. The highest BCUT2D eigenvalue weighted by Gasteiger charge is 2.06. The van der Waals surface area contributed by atoms with Crippen molar-refractivity contribution in [3.05, 3.63) is 29.0 Å². The molecule has 3 nitrogen and oxygen atoms in total. The van der Waals surface area contributed by atoms with Crippen LogP contribution in [0.4, 0.5) is 0 Å². The number of pyridine rings is 1. The number of carbonyl (C=O) groups is 1. The van der Waals surface area contributed by atoms with Crippen molar-refractivity contribution >= 4 is 17.5 Å². The summed E-state index contributed by atoms with van der Waals surface area (Å²) < 4.78 is 0. The van der Waals surface area contributed by atoms with Crippen molar-refractivity contribution in [2.45, 2.75) is 19.9 Å². The Hall–Kier alpha value is -1.09. The fourth-order valence-corrected chi connectivity index (χ4v) is 1.06. The van der Waals surface area contributed by atoms with E-state index in [0.717, 1.165) is 0 Å². The molecule has 1 rings (SSSR count). The maximum atomic E-state index is 11.4. The number of hydrogen-bond acceptors (Lipinski definition) is 2. The predicted octanol–water partition coefficient (Wildman–Crippen LogP) is 1.87. The molecular formula is C9H11ClN2O. The highest BCUT2D eigenvalue weighted by Crippen LogP contribution is 2.08. The van der Waals surface area contributed by atoms with E-state index < -0.39 is 0 Å². The molecular weight excluding hydrogens is 188 g/mol. The Bertz CT molecular complexity index is 312. The average molecular weight is 199 g/mol. The lowest BCUT2D eigenvalue weighted by atomic mass is 10.2. The van der Waals surface area contributed by atoms with Crippen molar-refractivity contribution in [1.82, 2.24) is 10.3 Å². The van der Waals surface area contributed by atoms with Crippen molar-refractivity contribution in [3.63, 3.8) is 0 Å². The molecule has 1 N–H and O–H groups in total. The summed E-state index contributed by atoms with van der Waals surface area (Å²) in [5, 5.41) is 3.22. The molecule has 1 aromatic heterocycles. The number of carbonyl (C=O) groups excluding carboxylic acids is 1. The van der Waals surface area contributed by atoms with E-state index in [0.29, 0.717) is 10.6 Å². The molecule has 4 heteroatoms. The SMILES string of the molecule is CC(C)NC(=O)c1cncc(Cl)c1. The van der Waals surface area contributed by atoms with Crippen LogP contribution >= 0.6 is 11.6 Å². The summed E-state index contributed by atoms with van der Waals surface area (Å²) in [5.74, 6) is -0.148. The van der Waals surface area contributed by atoms with E-state index in [-0.39, 0.29) is 11.9 Å². The summed E-state index contributed by atoms with van der Waals surface area (Å²) in [6.07, 6.45) is 2.98. The first-order valence-electron chi connectivity index (χ1n) is 4.01. The molecule has 0 aliphatic carbocycles. The molecule has 0 aliphatic rings. The Balaban J connectivity index is 2.77. The molecule has 0 unspecified atom stereocenters. The summed E-state index contributed by atoms with van der Waals surface area (Å²) >= 11 is 5.68. The van der Waals surface area contributed by atoms with Crippen molar-refractivity contribution in [1.29, 1.82) is 0 Å². The molecule has 1 heterocycles. The lowest BCUT2D eigenvalue weighted by molar-refractivity contribution is 0.0943. The number of nitrogens with zero attached hydrogens (tertiary/aromatic N) is 1. The normalized spacial score (nSPS) is 10.2. The molecule has 1 amide bonds. The number of halogens is 1. The monoisotopic (exact) mass is 198 g/mol. The average Bonchev–Trinajstić information content (AvgIpc) is 2.03. The number of aromatic nitrogens is 1. The van der Waals surface area contributed by atoms with Crippen molar-refractivity contribution in [3.8, 4) is 0 Å². The van der Waals surface area contributed by atoms with Crippen LogP contribution in [0, 0.1) is 0 Å². The molecule has 0 aromatic carbocycles. The van der Waals surface area contributed by atoms with Gasteiger partial charge in [-0.3, -0.25) is 9.78 Å². The van der Waals surface area contributed by atoms with Crippen LogP contribution in [0.5, 0.6) is 0 Å². The maximum Gasteiger partial charge on any atom is 0.253 e. The van der Waals surface area contributed by atoms with Crippen LogP contribution in [0.2, 0.25) is 5.02 Å². The van der Waals surface area contributed by atoms with E-state index >= 15 is 0 Å². The van der Waals surface area contributed by atoms with Crippen molar-refractivity contribution in [2.24, 2.45) is 0 Å². The third-order valence-corrected chi connectivity index (χ3v) is 1.59. The standard InChI is InChI=1S/C9H11ClN2O/c1-6(2)12-9(13)7-3-8(10)5-11-4-7/h3-6H,1-2H3,(H,12,13). The van der Waals surface area contributed by atoms with E-state index in [1.807, 2.05) is 13.8 Å². The van der Waals surface area contributed by atoms with Gasteiger partial charge in [-0.1, -0.05) is 11.6 Å². The van der Waals surface area contributed by atoms with Gasteiger partial charge in [0, 0.05) is 18.4 Å². The fourth-order valence-electron chi connectivity index (χ4n) is 0.882. The lowest BCUT2D eigenvalue weighted by Crippen LogP contribution is -2.30. The Morgan fingerprint density at radius 2 is 2.23 bits per heavy atom. The fraction of sp³-hybridized carbons (Fsp3) is 0.333. The molecule has 0 fully saturated rings. The molecule has 13 heavy (non-hydrogen) atoms. The molecule has 0 atom stereocenters. The summed E-state index contributed by atoms with van der Waals surface area (Å²) in [6, 6.07) is 1.71. The van der Waals surface area contributed by atoms with Gasteiger partial charge in [-0.15, -0.1) is 0 Å². The first kappa shape index (κ1) is 9.99. The second-order valence-electron chi connectivity index (χ2n) is 3.02. The molecule has 0 bridgehead atoms. The number of amides is 1. The highest BCUT2D eigenvalue weighted by atomic mass is 35.5. The van der Waals surface area contributed by atoms with Crippen LogP contribution in [0.3, 0.4) is 0 Å². The van der Waals surface area contributed by atoms with Gasteiger partial charge in [-0.05, 0) is 19.9 Å².